The van der Waals surface area contributed by atoms with Gasteiger partial charge in [-0.2, -0.15) is 5.26 Å². The maximum atomic E-state index is 13.3. The van der Waals surface area contributed by atoms with E-state index in [1.165, 1.54) is 23.3 Å². The largest absolute Gasteiger partial charge is 0.377 e. The van der Waals surface area contributed by atoms with Crippen molar-refractivity contribution in [2.24, 2.45) is 5.41 Å². The van der Waals surface area contributed by atoms with Crippen molar-refractivity contribution in [3.8, 4) is 6.07 Å². The van der Waals surface area contributed by atoms with E-state index in [4.69, 9.17) is 0 Å². The second-order valence-corrected chi connectivity index (χ2v) is 6.24. The maximum absolute atomic E-state index is 13.3. The first-order valence-corrected chi connectivity index (χ1v) is 7.05. The monoisotopic (exact) mass is 280 g/mol. The number of rotatable bonds is 2. The fraction of sp³-hybridized carbons (Fsp3) is 0.278. The number of nitrogens with zero attached hydrogens (tertiary/aromatic N) is 1. The molecule has 106 valence electrons. The summed E-state index contributed by atoms with van der Waals surface area (Å²) in [5.74, 6) is -0.386. The van der Waals surface area contributed by atoms with Gasteiger partial charge in [0, 0.05) is 0 Å². The molecular weight excluding hydrogens is 263 g/mol. The van der Waals surface area contributed by atoms with Crippen molar-refractivity contribution >= 4 is 5.69 Å². The number of hydrogen-bond acceptors (Lipinski definition) is 2. The summed E-state index contributed by atoms with van der Waals surface area (Å²) < 4.78 is 13.3. The first-order valence-electron chi connectivity index (χ1n) is 7.05. The molecule has 0 amide bonds. The Morgan fingerprint density at radius 1 is 1.24 bits per heavy atom. The zero-order valence-corrected chi connectivity index (χ0v) is 12.2. The number of benzene rings is 2. The molecule has 0 aliphatic heterocycles. The zero-order valence-electron chi connectivity index (χ0n) is 12.2. The molecule has 0 saturated heterocycles. The molecule has 1 N–H and O–H groups in total. The zero-order chi connectivity index (χ0) is 15.0. The van der Waals surface area contributed by atoms with Gasteiger partial charge in [-0.25, -0.2) is 4.39 Å². The molecule has 2 nitrogen and oxygen atoms in total. The third-order valence-corrected chi connectivity index (χ3v) is 4.20. The van der Waals surface area contributed by atoms with Gasteiger partial charge in [0.15, 0.2) is 0 Å². The van der Waals surface area contributed by atoms with E-state index in [-0.39, 0.29) is 17.3 Å². The van der Waals surface area contributed by atoms with Crippen molar-refractivity contribution in [2.75, 3.05) is 5.32 Å². The summed E-state index contributed by atoms with van der Waals surface area (Å²) in [5, 5.41) is 12.6. The van der Waals surface area contributed by atoms with Crippen LogP contribution in [-0.4, -0.2) is 0 Å². The third-order valence-electron chi connectivity index (χ3n) is 4.20. The highest BCUT2D eigenvalue weighted by Gasteiger charge is 2.38. The molecule has 0 bridgehead atoms. The molecule has 0 spiro atoms. The van der Waals surface area contributed by atoms with E-state index in [1.54, 1.807) is 6.07 Å². The molecule has 1 atom stereocenters. The summed E-state index contributed by atoms with van der Waals surface area (Å²) in [4.78, 5) is 0. The van der Waals surface area contributed by atoms with Crippen LogP contribution < -0.4 is 5.32 Å². The number of nitrogens with one attached hydrogen (secondary N) is 1. The van der Waals surface area contributed by atoms with Crippen LogP contribution in [-0.2, 0) is 6.42 Å². The lowest BCUT2D eigenvalue weighted by Crippen LogP contribution is -2.24. The highest BCUT2D eigenvalue weighted by atomic mass is 19.1. The predicted octanol–water partition coefficient (Wildman–Crippen LogP) is 4.43. The summed E-state index contributed by atoms with van der Waals surface area (Å²) >= 11 is 0. The van der Waals surface area contributed by atoms with Crippen LogP contribution in [0.3, 0.4) is 0 Å². The van der Waals surface area contributed by atoms with Gasteiger partial charge in [0.2, 0.25) is 0 Å². The van der Waals surface area contributed by atoms with Crippen LogP contribution >= 0.6 is 0 Å². The van der Waals surface area contributed by atoms with Crippen LogP contribution in [0.2, 0.25) is 0 Å². The molecule has 1 aliphatic carbocycles. The molecule has 1 unspecified atom stereocenters. The van der Waals surface area contributed by atoms with Crippen LogP contribution in [0.1, 0.15) is 36.6 Å². The molecule has 21 heavy (non-hydrogen) atoms. The summed E-state index contributed by atoms with van der Waals surface area (Å²) in [6.45, 7) is 4.42. The van der Waals surface area contributed by atoms with Gasteiger partial charge in [-0.05, 0) is 41.2 Å². The third kappa shape index (κ3) is 2.38. The Morgan fingerprint density at radius 2 is 2.00 bits per heavy atom. The normalized spacial score (nSPS) is 18.9. The summed E-state index contributed by atoms with van der Waals surface area (Å²) in [6.07, 6.45) is 0.990. The second-order valence-electron chi connectivity index (χ2n) is 6.24. The first kappa shape index (κ1) is 13.6. The van der Waals surface area contributed by atoms with Gasteiger partial charge in [-0.15, -0.1) is 0 Å². The van der Waals surface area contributed by atoms with E-state index in [9.17, 15) is 9.65 Å². The lowest BCUT2D eigenvalue weighted by molar-refractivity contribution is 0.337. The predicted molar refractivity (Wildman–Crippen MR) is 81.4 cm³/mol. The van der Waals surface area contributed by atoms with Crippen molar-refractivity contribution < 1.29 is 4.39 Å². The van der Waals surface area contributed by atoms with Crippen LogP contribution in [0, 0.1) is 22.6 Å². The Hall–Kier alpha value is -2.34. The molecule has 2 aromatic carbocycles. The SMILES string of the molecule is CC1(C)Cc2ccccc2C1Nc1ccc(F)cc1C#N. The highest BCUT2D eigenvalue weighted by Crippen LogP contribution is 2.47. The Kier molecular flexibility index (Phi) is 3.17. The minimum atomic E-state index is -0.386. The van der Waals surface area contributed by atoms with Gasteiger partial charge in [0.1, 0.15) is 11.9 Å². The van der Waals surface area contributed by atoms with Crippen LogP contribution in [0.15, 0.2) is 42.5 Å². The van der Waals surface area contributed by atoms with E-state index in [1.807, 2.05) is 6.07 Å². The van der Waals surface area contributed by atoms with Crippen molar-refractivity contribution in [2.45, 2.75) is 26.3 Å². The molecule has 3 rings (SSSR count). The summed E-state index contributed by atoms with van der Waals surface area (Å²) in [5.41, 5.74) is 3.67. The minimum absolute atomic E-state index is 0.0464. The van der Waals surface area contributed by atoms with E-state index in [0.717, 1.165) is 6.42 Å². The lowest BCUT2D eigenvalue weighted by Gasteiger charge is -2.29. The number of anilines is 1. The molecule has 3 heteroatoms. The van der Waals surface area contributed by atoms with E-state index >= 15 is 0 Å². The van der Waals surface area contributed by atoms with Crippen molar-refractivity contribution in [3.63, 3.8) is 0 Å². The Morgan fingerprint density at radius 3 is 2.76 bits per heavy atom. The maximum Gasteiger partial charge on any atom is 0.124 e. The average Bonchev–Trinajstić information content (AvgIpc) is 2.71. The van der Waals surface area contributed by atoms with Gasteiger partial charge >= 0.3 is 0 Å². The Balaban J connectivity index is 2.00. The highest BCUT2D eigenvalue weighted by molar-refractivity contribution is 5.59. The van der Waals surface area contributed by atoms with Gasteiger partial charge in [0.05, 0.1) is 17.3 Å². The number of hydrogen-bond donors (Lipinski definition) is 1. The number of nitriles is 1. The smallest absolute Gasteiger partial charge is 0.124 e. The van der Waals surface area contributed by atoms with E-state index in [0.29, 0.717) is 11.3 Å². The van der Waals surface area contributed by atoms with Crippen molar-refractivity contribution in [1.82, 2.24) is 0 Å². The van der Waals surface area contributed by atoms with Crippen molar-refractivity contribution in [1.29, 1.82) is 5.26 Å². The van der Waals surface area contributed by atoms with Crippen LogP contribution in [0.25, 0.3) is 0 Å². The Labute approximate surface area is 124 Å². The Bertz CT molecular complexity index is 728. The van der Waals surface area contributed by atoms with Gasteiger partial charge in [-0.1, -0.05) is 38.1 Å². The standard InChI is InChI=1S/C18H17FN2/c1-18(2)10-12-5-3-4-6-15(12)17(18)21-16-8-7-14(19)9-13(16)11-20/h3-9,17,21H,10H2,1-2H3. The quantitative estimate of drug-likeness (QED) is 0.883. The molecule has 0 fully saturated rings. The minimum Gasteiger partial charge on any atom is -0.377 e. The van der Waals surface area contributed by atoms with E-state index in [2.05, 4.69) is 43.4 Å². The lowest BCUT2D eigenvalue weighted by atomic mass is 9.85. The molecule has 0 radical (unpaired) electrons. The average molecular weight is 280 g/mol. The molecule has 0 saturated carbocycles. The first-order chi connectivity index (χ1) is 10.0. The molecule has 0 heterocycles. The van der Waals surface area contributed by atoms with Gasteiger partial charge in [0.25, 0.3) is 0 Å². The van der Waals surface area contributed by atoms with Crippen LogP contribution in [0.4, 0.5) is 10.1 Å². The molecular formula is C18H17FN2. The summed E-state index contributed by atoms with van der Waals surface area (Å²) in [6, 6.07) is 14.8. The summed E-state index contributed by atoms with van der Waals surface area (Å²) in [7, 11) is 0. The number of fused-ring (bicyclic) bond motifs is 1. The fourth-order valence-electron chi connectivity index (χ4n) is 3.15. The molecule has 0 aromatic heterocycles. The molecule has 1 aliphatic rings. The van der Waals surface area contributed by atoms with Crippen LogP contribution in [0.5, 0.6) is 0 Å². The topological polar surface area (TPSA) is 35.8 Å². The molecule has 2 aromatic rings. The van der Waals surface area contributed by atoms with Crippen molar-refractivity contribution in [3.05, 3.63) is 65.0 Å². The fourth-order valence-corrected chi connectivity index (χ4v) is 3.15. The number of halogens is 1. The van der Waals surface area contributed by atoms with E-state index < -0.39 is 0 Å². The second kappa shape index (κ2) is 4.89. The van der Waals surface area contributed by atoms with Gasteiger partial charge < -0.3 is 5.32 Å². The van der Waals surface area contributed by atoms with Gasteiger partial charge in [-0.3, -0.25) is 0 Å².